The lowest BCUT2D eigenvalue weighted by Gasteiger charge is -2.21. The van der Waals surface area contributed by atoms with Crippen LogP contribution in [-0.2, 0) is 14.3 Å². The number of hydrogen-bond donors (Lipinski definition) is 2. The lowest BCUT2D eigenvalue weighted by molar-refractivity contribution is -0.146. The summed E-state index contributed by atoms with van der Waals surface area (Å²) in [6, 6.07) is 0.622. The summed E-state index contributed by atoms with van der Waals surface area (Å²) in [4.78, 5) is 41.1. The number of esters is 1. The lowest BCUT2D eigenvalue weighted by atomic mass is 9.99. The number of nitrogens with zero attached hydrogens (tertiary/aromatic N) is 1. The Kier molecular flexibility index (Phi) is 6.93. The number of aromatic amines is 1. The van der Waals surface area contributed by atoms with Gasteiger partial charge in [0.15, 0.2) is 5.16 Å². The van der Waals surface area contributed by atoms with Crippen LogP contribution in [0.5, 0.6) is 0 Å². The van der Waals surface area contributed by atoms with Crippen LogP contribution in [0.25, 0.3) is 0 Å². The van der Waals surface area contributed by atoms with Crippen LogP contribution in [0, 0.1) is 5.92 Å². The molecule has 0 aliphatic heterocycles. The smallest absolute Gasteiger partial charge is 0.328 e. The molecule has 1 heterocycles. The van der Waals surface area contributed by atoms with Gasteiger partial charge in [-0.25, -0.2) is 9.78 Å². The highest BCUT2D eigenvalue weighted by Gasteiger charge is 2.26. The zero-order valence-corrected chi connectivity index (χ0v) is 13.0. The van der Waals surface area contributed by atoms with E-state index in [1.807, 2.05) is 13.8 Å². The van der Waals surface area contributed by atoms with Gasteiger partial charge in [0, 0.05) is 12.3 Å². The van der Waals surface area contributed by atoms with Crippen LogP contribution in [-0.4, -0.2) is 40.7 Å². The van der Waals surface area contributed by atoms with Crippen LogP contribution in [0.1, 0.15) is 20.3 Å². The second-order valence-corrected chi connectivity index (χ2v) is 5.45. The van der Waals surface area contributed by atoms with Gasteiger partial charge in [0.2, 0.25) is 5.91 Å². The van der Waals surface area contributed by atoms with Crippen molar-refractivity contribution >= 4 is 23.6 Å². The molecule has 21 heavy (non-hydrogen) atoms. The standard InChI is InChI=1S/C13H19N3O4S/c1-4-8(2)11(12(19)20-3)15-10(18)7-21-13-14-6-5-9(17)16-13/h5-6,8,11H,4,7H2,1-3H3,(H,15,18)(H,14,16,17)/t8-,11+/m1/s1. The minimum absolute atomic E-state index is 0.0268. The number of carbonyl (C=O) groups is 2. The molecule has 0 aliphatic rings. The minimum atomic E-state index is -0.670. The van der Waals surface area contributed by atoms with Gasteiger partial charge >= 0.3 is 5.97 Å². The van der Waals surface area contributed by atoms with Gasteiger partial charge in [-0.3, -0.25) is 9.59 Å². The first kappa shape index (κ1) is 17.2. The molecule has 1 amide bonds. The quantitative estimate of drug-likeness (QED) is 0.433. The van der Waals surface area contributed by atoms with E-state index in [-0.39, 0.29) is 23.1 Å². The van der Waals surface area contributed by atoms with Gasteiger partial charge in [0.1, 0.15) is 6.04 Å². The van der Waals surface area contributed by atoms with Crippen LogP contribution in [0.2, 0.25) is 0 Å². The van der Waals surface area contributed by atoms with Crippen LogP contribution in [0.15, 0.2) is 22.2 Å². The number of methoxy groups -OCH3 is 1. The van der Waals surface area contributed by atoms with Crippen molar-refractivity contribution in [1.29, 1.82) is 0 Å². The van der Waals surface area contributed by atoms with Crippen molar-refractivity contribution in [1.82, 2.24) is 15.3 Å². The highest BCUT2D eigenvalue weighted by atomic mass is 32.2. The molecule has 0 radical (unpaired) electrons. The second-order valence-electron chi connectivity index (χ2n) is 4.48. The Balaban J connectivity index is 2.58. The first-order valence-electron chi connectivity index (χ1n) is 6.53. The van der Waals surface area contributed by atoms with E-state index in [1.54, 1.807) is 0 Å². The number of carbonyl (C=O) groups excluding carboxylic acids is 2. The molecule has 0 unspecified atom stereocenters. The Morgan fingerprint density at radius 1 is 1.52 bits per heavy atom. The summed E-state index contributed by atoms with van der Waals surface area (Å²) >= 11 is 1.09. The molecule has 0 saturated heterocycles. The van der Waals surface area contributed by atoms with E-state index in [2.05, 4.69) is 15.3 Å². The Labute approximate surface area is 126 Å². The van der Waals surface area contributed by atoms with Gasteiger partial charge < -0.3 is 15.0 Å². The lowest BCUT2D eigenvalue weighted by Crippen LogP contribution is -2.46. The van der Waals surface area contributed by atoms with Crippen LogP contribution < -0.4 is 10.9 Å². The normalized spacial score (nSPS) is 13.3. The average Bonchev–Trinajstić information content (AvgIpc) is 2.49. The third-order valence-corrected chi connectivity index (χ3v) is 3.86. The molecule has 7 nitrogen and oxygen atoms in total. The summed E-state index contributed by atoms with van der Waals surface area (Å²) in [5, 5.41) is 3.01. The molecule has 0 aromatic carbocycles. The number of amides is 1. The van der Waals surface area contributed by atoms with Gasteiger partial charge in [0.05, 0.1) is 12.9 Å². The van der Waals surface area contributed by atoms with Gasteiger partial charge in [-0.15, -0.1) is 0 Å². The largest absolute Gasteiger partial charge is 0.467 e. The molecule has 2 N–H and O–H groups in total. The fraction of sp³-hybridized carbons (Fsp3) is 0.538. The van der Waals surface area contributed by atoms with Crippen LogP contribution >= 0.6 is 11.8 Å². The molecule has 0 bridgehead atoms. The zero-order valence-electron chi connectivity index (χ0n) is 12.2. The van der Waals surface area contributed by atoms with E-state index in [1.165, 1.54) is 19.4 Å². The van der Waals surface area contributed by atoms with E-state index in [0.29, 0.717) is 5.16 Å². The maximum absolute atomic E-state index is 11.9. The van der Waals surface area contributed by atoms with Crippen molar-refractivity contribution < 1.29 is 14.3 Å². The highest BCUT2D eigenvalue weighted by molar-refractivity contribution is 7.99. The summed E-state index contributed by atoms with van der Waals surface area (Å²) in [5.41, 5.74) is -0.278. The number of H-pyrrole nitrogens is 1. The van der Waals surface area contributed by atoms with E-state index in [4.69, 9.17) is 4.74 Å². The van der Waals surface area contributed by atoms with E-state index in [9.17, 15) is 14.4 Å². The van der Waals surface area contributed by atoms with E-state index >= 15 is 0 Å². The molecule has 2 atom stereocenters. The molecule has 0 saturated carbocycles. The number of thioether (sulfide) groups is 1. The molecule has 1 aromatic heterocycles. The average molecular weight is 313 g/mol. The van der Waals surface area contributed by atoms with E-state index < -0.39 is 12.0 Å². The second kappa shape index (κ2) is 8.46. The zero-order chi connectivity index (χ0) is 15.8. The Morgan fingerprint density at radius 3 is 2.81 bits per heavy atom. The van der Waals surface area contributed by atoms with Crippen LogP contribution in [0.4, 0.5) is 0 Å². The maximum Gasteiger partial charge on any atom is 0.328 e. The summed E-state index contributed by atoms with van der Waals surface area (Å²) in [5.74, 6) is -0.756. The fourth-order valence-electron chi connectivity index (χ4n) is 1.57. The topological polar surface area (TPSA) is 101 Å². The summed E-state index contributed by atoms with van der Waals surface area (Å²) < 4.78 is 4.69. The SMILES string of the molecule is CC[C@@H](C)[C@H](NC(=O)CSc1nccc(=O)[nH]1)C(=O)OC. The summed E-state index contributed by atoms with van der Waals surface area (Å²) in [7, 11) is 1.29. The molecule has 0 fully saturated rings. The molecule has 116 valence electrons. The number of nitrogens with one attached hydrogen (secondary N) is 2. The van der Waals surface area contributed by atoms with Crippen LogP contribution in [0.3, 0.4) is 0 Å². The Bertz CT molecular complexity index is 546. The predicted molar refractivity (Wildman–Crippen MR) is 79.0 cm³/mol. The van der Waals surface area contributed by atoms with Gasteiger partial charge in [0.25, 0.3) is 5.56 Å². The number of ether oxygens (including phenoxy) is 1. The van der Waals surface area contributed by atoms with Gasteiger partial charge in [-0.1, -0.05) is 32.0 Å². The molecule has 0 spiro atoms. The van der Waals surface area contributed by atoms with Gasteiger partial charge in [-0.05, 0) is 5.92 Å². The van der Waals surface area contributed by atoms with Gasteiger partial charge in [-0.2, -0.15) is 0 Å². The first-order chi connectivity index (χ1) is 9.97. The van der Waals surface area contributed by atoms with Crippen molar-refractivity contribution in [2.24, 2.45) is 5.92 Å². The number of rotatable bonds is 7. The molecular formula is C13H19N3O4S. The van der Waals surface area contributed by atoms with Crippen molar-refractivity contribution in [3.63, 3.8) is 0 Å². The van der Waals surface area contributed by atoms with Crippen molar-refractivity contribution in [3.8, 4) is 0 Å². The number of hydrogen-bond acceptors (Lipinski definition) is 6. The molecule has 1 rings (SSSR count). The first-order valence-corrected chi connectivity index (χ1v) is 7.51. The van der Waals surface area contributed by atoms with Crippen molar-refractivity contribution in [3.05, 3.63) is 22.6 Å². The highest BCUT2D eigenvalue weighted by Crippen LogP contribution is 2.12. The summed E-state index contributed by atoms with van der Waals surface area (Å²) in [6.07, 6.45) is 2.11. The predicted octanol–water partition coefficient (Wildman–Crippen LogP) is 0.566. The number of aromatic nitrogens is 2. The minimum Gasteiger partial charge on any atom is -0.467 e. The fourth-order valence-corrected chi connectivity index (χ4v) is 2.23. The Hall–Kier alpha value is -1.83. The third-order valence-electron chi connectivity index (χ3n) is 2.97. The summed E-state index contributed by atoms with van der Waals surface area (Å²) in [6.45, 7) is 3.80. The Morgan fingerprint density at radius 2 is 2.24 bits per heavy atom. The van der Waals surface area contributed by atoms with Crippen molar-refractivity contribution in [2.45, 2.75) is 31.5 Å². The molecule has 1 aromatic rings. The molecular weight excluding hydrogens is 294 g/mol. The van der Waals surface area contributed by atoms with E-state index in [0.717, 1.165) is 18.2 Å². The van der Waals surface area contributed by atoms with Crippen molar-refractivity contribution in [2.75, 3.05) is 12.9 Å². The molecule has 0 aliphatic carbocycles. The third kappa shape index (κ3) is 5.58. The molecule has 8 heteroatoms. The maximum atomic E-state index is 11.9. The monoisotopic (exact) mass is 313 g/mol.